The highest BCUT2D eigenvalue weighted by Gasteiger charge is 2.10. The number of benzene rings is 1. The summed E-state index contributed by atoms with van der Waals surface area (Å²) >= 11 is 0. The van der Waals surface area contributed by atoms with Gasteiger partial charge in [0.15, 0.2) is 0 Å². The summed E-state index contributed by atoms with van der Waals surface area (Å²) in [6, 6.07) is 10.2. The first kappa shape index (κ1) is 12.8. The van der Waals surface area contributed by atoms with Crippen molar-refractivity contribution in [2.75, 3.05) is 0 Å². The zero-order valence-electron chi connectivity index (χ0n) is 10.9. The van der Waals surface area contributed by atoms with E-state index in [-0.39, 0.29) is 6.10 Å². The lowest BCUT2D eigenvalue weighted by Crippen LogP contribution is -2.15. The fourth-order valence-electron chi connectivity index (χ4n) is 2.27. The average molecular weight is 241 g/mol. The molecule has 1 unspecified atom stereocenters. The molecule has 2 rings (SSSR count). The second kappa shape index (κ2) is 5.78. The zero-order chi connectivity index (χ0) is 13.0. The minimum absolute atomic E-state index is 0.353. The van der Waals surface area contributed by atoms with Crippen molar-refractivity contribution in [1.29, 1.82) is 0 Å². The van der Waals surface area contributed by atoms with E-state index in [1.807, 2.05) is 18.3 Å². The molecule has 0 aliphatic carbocycles. The van der Waals surface area contributed by atoms with Crippen LogP contribution in [0.3, 0.4) is 0 Å². The summed E-state index contributed by atoms with van der Waals surface area (Å²) in [5, 5.41) is 10.2. The lowest BCUT2D eigenvalue weighted by molar-refractivity contribution is 0.175. The van der Waals surface area contributed by atoms with E-state index in [0.717, 1.165) is 5.56 Å². The molecule has 94 valence electrons. The molecule has 18 heavy (non-hydrogen) atoms. The van der Waals surface area contributed by atoms with E-state index in [0.29, 0.717) is 12.8 Å². The first-order chi connectivity index (χ1) is 8.66. The third-order valence-corrected chi connectivity index (χ3v) is 3.28. The number of aliphatic hydroxyl groups is 1. The topological polar surface area (TPSA) is 33.1 Å². The number of pyridine rings is 1. The van der Waals surface area contributed by atoms with Gasteiger partial charge in [0, 0.05) is 18.8 Å². The monoisotopic (exact) mass is 241 g/mol. The molecule has 1 heterocycles. The van der Waals surface area contributed by atoms with Crippen LogP contribution in [0.4, 0.5) is 0 Å². The molecule has 0 saturated heterocycles. The van der Waals surface area contributed by atoms with Crippen molar-refractivity contribution in [3.8, 4) is 0 Å². The molecule has 0 saturated carbocycles. The van der Waals surface area contributed by atoms with Crippen LogP contribution in [0, 0.1) is 13.8 Å². The van der Waals surface area contributed by atoms with Gasteiger partial charge in [-0.3, -0.25) is 4.98 Å². The molecule has 1 aromatic heterocycles. The molecule has 0 aliphatic heterocycles. The Balaban J connectivity index is 2.06. The van der Waals surface area contributed by atoms with Crippen molar-refractivity contribution in [2.45, 2.75) is 32.8 Å². The molecule has 0 amide bonds. The van der Waals surface area contributed by atoms with Gasteiger partial charge in [0.05, 0.1) is 6.10 Å². The van der Waals surface area contributed by atoms with Crippen LogP contribution < -0.4 is 0 Å². The summed E-state index contributed by atoms with van der Waals surface area (Å²) in [6.45, 7) is 4.19. The minimum Gasteiger partial charge on any atom is -0.392 e. The lowest BCUT2D eigenvalue weighted by Gasteiger charge is -2.14. The smallest absolute Gasteiger partial charge is 0.0621 e. The van der Waals surface area contributed by atoms with Gasteiger partial charge in [0.1, 0.15) is 0 Å². The first-order valence-electron chi connectivity index (χ1n) is 6.29. The lowest BCUT2D eigenvalue weighted by atomic mass is 9.95. The summed E-state index contributed by atoms with van der Waals surface area (Å²) < 4.78 is 0. The van der Waals surface area contributed by atoms with Crippen molar-refractivity contribution in [2.24, 2.45) is 0 Å². The van der Waals surface area contributed by atoms with Gasteiger partial charge in [-0.2, -0.15) is 0 Å². The summed E-state index contributed by atoms with van der Waals surface area (Å²) in [4.78, 5) is 4.07. The molecule has 0 fully saturated rings. The fourth-order valence-corrected chi connectivity index (χ4v) is 2.27. The largest absolute Gasteiger partial charge is 0.392 e. The van der Waals surface area contributed by atoms with Gasteiger partial charge in [-0.05, 0) is 48.6 Å². The molecule has 1 N–H and O–H groups in total. The van der Waals surface area contributed by atoms with Crippen molar-refractivity contribution >= 4 is 0 Å². The molecule has 0 spiro atoms. The second-order valence-corrected chi connectivity index (χ2v) is 4.79. The zero-order valence-corrected chi connectivity index (χ0v) is 10.9. The Morgan fingerprint density at radius 1 is 1.06 bits per heavy atom. The fraction of sp³-hybridized carbons (Fsp3) is 0.312. The first-order valence-corrected chi connectivity index (χ1v) is 6.29. The quantitative estimate of drug-likeness (QED) is 0.893. The molecular formula is C16H19NO. The molecule has 2 nitrogen and oxygen atoms in total. The van der Waals surface area contributed by atoms with E-state index >= 15 is 0 Å². The summed E-state index contributed by atoms with van der Waals surface area (Å²) in [5.74, 6) is 0. The SMILES string of the molecule is Cc1cccc(C)c1CC(O)Cc1cccnc1. The predicted octanol–water partition coefficient (Wildman–Crippen LogP) is 2.84. The highest BCUT2D eigenvalue weighted by molar-refractivity contribution is 5.34. The van der Waals surface area contributed by atoms with E-state index in [4.69, 9.17) is 0 Å². The van der Waals surface area contributed by atoms with Gasteiger partial charge >= 0.3 is 0 Å². The normalized spacial score (nSPS) is 12.4. The molecule has 0 bridgehead atoms. The maximum absolute atomic E-state index is 10.2. The Labute approximate surface area is 108 Å². The Kier molecular flexibility index (Phi) is 4.11. The molecule has 1 aromatic carbocycles. The maximum Gasteiger partial charge on any atom is 0.0621 e. The van der Waals surface area contributed by atoms with Crippen LogP contribution in [0.2, 0.25) is 0 Å². The third kappa shape index (κ3) is 3.17. The Bertz CT molecular complexity index is 488. The number of aryl methyl sites for hydroxylation is 2. The van der Waals surface area contributed by atoms with Gasteiger partial charge in [-0.15, -0.1) is 0 Å². The average Bonchev–Trinajstić information content (AvgIpc) is 2.35. The second-order valence-electron chi connectivity index (χ2n) is 4.79. The van der Waals surface area contributed by atoms with Crippen molar-refractivity contribution in [1.82, 2.24) is 4.98 Å². The Morgan fingerprint density at radius 2 is 1.78 bits per heavy atom. The number of hydrogen-bond acceptors (Lipinski definition) is 2. The summed E-state index contributed by atoms with van der Waals surface area (Å²) in [6.07, 6.45) is 4.57. The Hall–Kier alpha value is -1.67. The highest BCUT2D eigenvalue weighted by Crippen LogP contribution is 2.16. The van der Waals surface area contributed by atoms with E-state index in [2.05, 4.69) is 37.0 Å². The predicted molar refractivity (Wildman–Crippen MR) is 73.6 cm³/mol. The van der Waals surface area contributed by atoms with Crippen molar-refractivity contribution < 1.29 is 5.11 Å². The Morgan fingerprint density at radius 3 is 2.39 bits per heavy atom. The van der Waals surface area contributed by atoms with Gasteiger partial charge in [-0.1, -0.05) is 24.3 Å². The molecular weight excluding hydrogens is 222 g/mol. The molecule has 0 aliphatic rings. The van der Waals surface area contributed by atoms with Gasteiger partial charge in [-0.25, -0.2) is 0 Å². The van der Waals surface area contributed by atoms with Crippen LogP contribution in [-0.4, -0.2) is 16.2 Å². The van der Waals surface area contributed by atoms with E-state index in [1.165, 1.54) is 16.7 Å². The molecule has 2 heteroatoms. The van der Waals surface area contributed by atoms with E-state index < -0.39 is 0 Å². The number of aromatic nitrogens is 1. The van der Waals surface area contributed by atoms with Gasteiger partial charge in [0.2, 0.25) is 0 Å². The van der Waals surface area contributed by atoms with Crippen molar-refractivity contribution in [3.63, 3.8) is 0 Å². The van der Waals surface area contributed by atoms with Crippen LogP contribution in [0.25, 0.3) is 0 Å². The van der Waals surface area contributed by atoms with Crippen molar-refractivity contribution in [3.05, 3.63) is 65.0 Å². The van der Waals surface area contributed by atoms with E-state index in [1.54, 1.807) is 6.20 Å². The van der Waals surface area contributed by atoms with E-state index in [9.17, 15) is 5.11 Å². The van der Waals surface area contributed by atoms with Crippen LogP contribution >= 0.6 is 0 Å². The third-order valence-electron chi connectivity index (χ3n) is 3.28. The maximum atomic E-state index is 10.2. The van der Waals surface area contributed by atoms with Crippen LogP contribution in [-0.2, 0) is 12.8 Å². The standard InChI is InChI=1S/C16H19NO/c1-12-5-3-6-13(2)16(12)10-15(18)9-14-7-4-8-17-11-14/h3-8,11,15,18H,9-10H2,1-2H3. The van der Waals surface area contributed by atoms with Crippen LogP contribution in [0.15, 0.2) is 42.7 Å². The van der Waals surface area contributed by atoms with Gasteiger partial charge < -0.3 is 5.11 Å². The summed E-state index contributed by atoms with van der Waals surface area (Å²) in [5.41, 5.74) is 4.84. The number of rotatable bonds is 4. The number of aliphatic hydroxyl groups excluding tert-OH is 1. The molecule has 2 aromatic rings. The molecule has 1 atom stereocenters. The summed E-state index contributed by atoms with van der Waals surface area (Å²) in [7, 11) is 0. The molecule has 0 radical (unpaired) electrons. The number of hydrogen-bond donors (Lipinski definition) is 1. The van der Waals surface area contributed by atoms with Crippen LogP contribution in [0.5, 0.6) is 0 Å². The van der Waals surface area contributed by atoms with Crippen LogP contribution in [0.1, 0.15) is 22.3 Å². The minimum atomic E-state index is -0.353. The number of nitrogens with zero attached hydrogens (tertiary/aromatic N) is 1. The van der Waals surface area contributed by atoms with Gasteiger partial charge in [0.25, 0.3) is 0 Å². The highest BCUT2D eigenvalue weighted by atomic mass is 16.3.